The van der Waals surface area contributed by atoms with Crippen LogP contribution in [0.25, 0.3) is 0 Å². The first-order chi connectivity index (χ1) is 14.2. The van der Waals surface area contributed by atoms with E-state index in [2.05, 4.69) is 17.1 Å². The summed E-state index contributed by atoms with van der Waals surface area (Å²) in [5.74, 6) is 0.708. The number of likely N-dealkylation sites (tertiary alicyclic amines) is 1. The molecule has 1 heterocycles. The average molecular weight is 405 g/mol. The Morgan fingerprint density at radius 1 is 1.03 bits per heavy atom. The first-order valence-corrected chi connectivity index (χ1v) is 11.6. The number of nitrogens with zero attached hydrogens (tertiary/aromatic N) is 1. The van der Waals surface area contributed by atoms with Gasteiger partial charge in [-0.15, -0.1) is 0 Å². The second kappa shape index (κ2) is 14.3. The SMILES string of the molecule is CCCCCCCCCOc1ccccc1NC(=O)O[C@H](C)CN1CCCCC1. The summed E-state index contributed by atoms with van der Waals surface area (Å²) in [5, 5.41) is 2.85. The summed E-state index contributed by atoms with van der Waals surface area (Å²) >= 11 is 0. The van der Waals surface area contributed by atoms with Crippen LogP contribution in [-0.2, 0) is 4.74 Å². The van der Waals surface area contributed by atoms with Gasteiger partial charge in [-0.25, -0.2) is 4.79 Å². The summed E-state index contributed by atoms with van der Waals surface area (Å²) < 4.78 is 11.5. The molecule has 0 bridgehead atoms. The van der Waals surface area contributed by atoms with Crippen molar-refractivity contribution in [2.45, 2.75) is 84.2 Å². The van der Waals surface area contributed by atoms with Crippen LogP contribution in [0.1, 0.15) is 78.1 Å². The molecule has 1 atom stereocenters. The summed E-state index contributed by atoms with van der Waals surface area (Å²) in [5.41, 5.74) is 0.672. The third-order valence-corrected chi connectivity index (χ3v) is 5.40. The fourth-order valence-electron chi connectivity index (χ4n) is 3.80. The summed E-state index contributed by atoms with van der Waals surface area (Å²) in [7, 11) is 0. The van der Waals surface area contributed by atoms with Crippen molar-refractivity contribution in [3.05, 3.63) is 24.3 Å². The van der Waals surface area contributed by atoms with Crippen LogP contribution < -0.4 is 10.1 Å². The van der Waals surface area contributed by atoms with E-state index in [1.54, 1.807) is 0 Å². The zero-order valence-electron chi connectivity index (χ0n) is 18.5. The lowest BCUT2D eigenvalue weighted by molar-refractivity contribution is 0.0832. The Morgan fingerprint density at radius 2 is 1.72 bits per heavy atom. The van der Waals surface area contributed by atoms with Gasteiger partial charge in [0.25, 0.3) is 0 Å². The molecule has 2 rings (SSSR count). The second-order valence-corrected chi connectivity index (χ2v) is 8.17. The lowest BCUT2D eigenvalue weighted by Crippen LogP contribution is -2.37. The van der Waals surface area contributed by atoms with Crippen molar-refractivity contribution in [3.63, 3.8) is 0 Å². The molecule has 1 aliphatic rings. The lowest BCUT2D eigenvalue weighted by Gasteiger charge is -2.28. The molecule has 1 aliphatic heterocycles. The average Bonchev–Trinajstić information content (AvgIpc) is 2.71. The highest BCUT2D eigenvalue weighted by Gasteiger charge is 2.17. The molecule has 1 aromatic carbocycles. The zero-order valence-corrected chi connectivity index (χ0v) is 18.5. The molecule has 1 fully saturated rings. The quantitative estimate of drug-likeness (QED) is 0.395. The first-order valence-electron chi connectivity index (χ1n) is 11.6. The molecule has 1 aromatic rings. The number of hydrogen-bond donors (Lipinski definition) is 1. The van der Waals surface area contributed by atoms with E-state index in [-0.39, 0.29) is 6.10 Å². The van der Waals surface area contributed by atoms with Gasteiger partial charge in [0.1, 0.15) is 11.9 Å². The van der Waals surface area contributed by atoms with Crippen LogP contribution in [0, 0.1) is 0 Å². The van der Waals surface area contributed by atoms with Gasteiger partial charge in [-0.2, -0.15) is 0 Å². The molecule has 0 saturated carbocycles. The van der Waals surface area contributed by atoms with Gasteiger partial charge in [-0.3, -0.25) is 10.2 Å². The van der Waals surface area contributed by atoms with Crippen LogP contribution in [0.3, 0.4) is 0 Å². The number of piperidine rings is 1. The standard InChI is InChI=1S/C24H40N2O3/c1-3-4-5-6-7-8-14-19-28-23-16-11-10-15-22(23)25-24(27)29-21(2)20-26-17-12-9-13-18-26/h10-11,15-16,21H,3-9,12-14,17-20H2,1-2H3,(H,25,27)/t21-/m1/s1. The largest absolute Gasteiger partial charge is 0.491 e. The van der Waals surface area contributed by atoms with Crippen LogP contribution in [0.5, 0.6) is 5.75 Å². The zero-order chi connectivity index (χ0) is 20.7. The van der Waals surface area contributed by atoms with Crippen molar-refractivity contribution in [2.24, 2.45) is 0 Å². The van der Waals surface area contributed by atoms with E-state index in [0.29, 0.717) is 18.0 Å². The van der Waals surface area contributed by atoms with Crippen molar-refractivity contribution < 1.29 is 14.3 Å². The number of carbonyl (C=O) groups excluding carboxylic acids is 1. The van der Waals surface area contributed by atoms with Crippen LogP contribution in [0.15, 0.2) is 24.3 Å². The number of benzene rings is 1. The highest BCUT2D eigenvalue weighted by atomic mass is 16.6. The maximum atomic E-state index is 12.3. The number of amides is 1. The van der Waals surface area contributed by atoms with Crippen molar-refractivity contribution in [1.82, 2.24) is 4.90 Å². The fraction of sp³-hybridized carbons (Fsp3) is 0.708. The number of nitrogens with one attached hydrogen (secondary N) is 1. The van der Waals surface area contributed by atoms with Gasteiger partial charge >= 0.3 is 6.09 Å². The fourth-order valence-corrected chi connectivity index (χ4v) is 3.80. The van der Waals surface area contributed by atoms with E-state index < -0.39 is 6.09 Å². The topological polar surface area (TPSA) is 50.8 Å². The summed E-state index contributed by atoms with van der Waals surface area (Å²) in [4.78, 5) is 14.7. The van der Waals surface area contributed by atoms with Crippen LogP contribution in [-0.4, -0.2) is 43.3 Å². The molecule has 0 spiro atoms. The van der Waals surface area contributed by atoms with Gasteiger partial charge in [0.2, 0.25) is 0 Å². The monoisotopic (exact) mass is 404 g/mol. The minimum atomic E-state index is -0.415. The highest BCUT2D eigenvalue weighted by Crippen LogP contribution is 2.24. The number of unbranched alkanes of at least 4 members (excludes halogenated alkanes) is 6. The summed E-state index contributed by atoms with van der Waals surface area (Å²) in [6, 6.07) is 7.58. The number of ether oxygens (including phenoxy) is 2. The van der Waals surface area contributed by atoms with E-state index in [9.17, 15) is 4.79 Å². The molecule has 29 heavy (non-hydrogen) atoms. The molecule has 0 unspecified atom stereocenters. The van der Waals surface area contributed by atoms with Gasteiger partial charge in [0.15, 0.2) is 0 Å². The molecular formula is C24H40N2O3. The van der Waals surface area contributed by atoms with E-state index in [1.165, 1.54) is 57.8 Å². The Morgan fingerprint density at radius 3 is 2.48 bits per heavy atom. The van der Waals surface area contributed by atoms with Crippen LogP contribution >= 0.6 is 0 Å². The molecule has 1 saturated heterocycles. The minimum Gasteiger partial charge on any atom is -0.491 e. The smallest absolute Gasteiger partial charge is 0.412 e. The summed E-state index contributed by atoms with van der Waals surface area (Å²) in [6.07, 6.45) is 12.0. The molecule has 1 N–H and O–H groups in total. The normalized spacial score (nSPS) is 15.7. The lowest BCUT2D eigenvalue weighted by atomic mass is 10.1. The Balaban J connectivity index is 1.68. The van der Waals surface area contributed by atoms with Gasteiger partial charge < -0.3 is 9.47 Å². The van der Waals surface area contributed by atoms with Crippen molar-refractivity contribution in [2.75, 3.05) is 31.6 Å². The molecule has 0 radical (unpaired) electrons. The molecule has 0 aromatic heterocycles. The number of hydrogen-bond acceptors (Lipinski definition) is 4. The van der Waals surface area contributed by atoms with E-state index in [4.69, 9.17) is 9.47 Å². The third-order valence-electron chi connectivity index (χ3n) is 5.40. The van der Waals surface area contributed by atoms with Gasteiger partial charge in [0.05, 0.1) is 12.3 Å². The maximum Gasteiger partial charge on any atom is 0.412 e. The Bertz CT molecular complexity index is 573. The minimum absolute atomic E-state index is 0.131. The number of anilines is 1. The highest BCUT2D eigenvalue weighted by molar-refractivity contribution is 5.86. The van der Waals surface area contributed by atoms with Crippen LogP contribution in [0.2, 0.25) is 0 Å². The van der Waals surface area contributed by atoms with E-state index >= 15 is 0 Å². The van der Waals surface area contributed by atoms with Crippen LogP contribution in [0.4, 0.5) is 10.5 Å². The first kappa shape index (κ1) is 23.5. The Kier molecular flexibility index (Phi) is 11.6. The molecule has 5 heteroatoms. The Hall–Kier alpha value is -1.75. The number of carbonyl (C=O) groups is 1. The van der Waals surface area contributed by atoms with Gasteiger partial charge in [0, 0.05) is 6.54 Å². The van der Waals surface area contributed by atoms with Gasteiger partial charge in [-0.05, 0) is 51.4 Å². The molecule has 0 aliphatic carbocycles. The van der Waals surface area contributed by atoms with Crippen molar-refractivity contribution >= 4 is 11.8 Å². The second-order valence-electron chi connectivity index (χ2n) is 8.17. The number of rotatable bonds is 13. The predicted molar refractivity (Wildman–Crippen MR) is 120 cm³/mol. The Labute approximate surface area is 177 Å². The predicted octanol–water partition coefficient (Wildman–Crippen LogP) is 6.24. The van der Waals surface area contributed by atoms with Gasteiger partial charge in [-0.1, -0.05) is 64.0 Å². The van der Waals surface area contributed by atoms with E-state index in [0.717, 1.165) is 26.1 Å². The molecular weight excluding hydrogens is 364 g/mol. The molecule has 164 valence electrons. The third kappa shape index (κ3) is 10.0. The van der Waals surface area contributed by atoms with Crippen molar-refractivity contribution in [1.29, 1.82) is 0 Å². The summed E-state index contributed by atoms with van der Waals surface area (Å²) in [6.45, 7) is 7.87. The molecule has 5 nitrogen and oxygen atoms in total. The number of para-hydroxylation sites is 2. The molecule has 1 amide bonds. The van der Waals surface area contributed by atoms with E-state index in [1.807, 2.05) is 31.2 Å². The maximum absolute atomic E-state index is 12.3. The van der Waals surface area contributed by atoms with Crippen molar-refractivity contribution in [3.8, 4) is 5.75 Å².